The van der Waals surface area contributed by atoms with Crippen molar-refractivity contribution in [1.82, 2.24) is 5.43 Å². The SMILES string of the molecule is Cc1ccc2oc(C(NN)c3cccc(Cl)c3C)cc2c1. The van der Waals surface area contributed by atoms with E-state index >= 15 is 0 Å². The smallest absolute Gasteiger partial charge is 0.134 e. The summed E-state index contributed by atoms with van der Waals surface area (Å²) < 4.78 is 5.94. The lowest BCUT2D eigenvalue weighted by molar-refractivity contribution is 0.476. The molecule has 108 valence electrons. The topological polar surface area (TPSA) is 51.2 Å². The molecule has 0 radical (unpaired) electrons. The van der Waals surface area contributed by atoms with Gasteiger partial charge in [0.2, 0.25) is 0 Å². The number of hydrogen-bond acceptors (Lipinski definition) is 3. The third-order valence-corrected chi connectivity index (χ3v) is 4.17. The lowest BCUT2D eigenvalue weighted by atomic mass is 9.99. The van der Waals surface area contributed by atoms with E-state index in [1.165, 1.54) is 5.56 Å². The second-order valence-electron chi connectivity index (χ2n) is 5.24. The van der Waals surface area contributed by atoms with Crippen molar-refractivity contribution in [3.63, 3.8) is 0 Å². The summed E-state index contributed by atoms with van der Waals surface area (Å²) in [6.45, 7) is 4.04. The van der Waals surface area contributed by atoms with Gasteiger partial charge in [-0.25, -0.2) is 5.43 Å². The van der Waals surface area contributed by atoms with E-state index in [0.717, 1.165) is 32.9 Å². The summed E-state index contributed by atoms with van der Waals surface area (Å²) in [5, 5.41) is 1.80. The number of hydrazine groups is 1. The molecule has 1 unspecified atom stereocenters. The summed E-state index contributed by atoms with van der Waals surface area (Å²) in [4.78, 5) is 0. The zero-order valence-corrected chi connectivity index (χ0v) is 12.7. The fraction of sp³-hybridized carbons (Fsp3) is 0.176. The Morgan fingerprint density at radius 1 is 1.14 bits per heavy atom. The first-order valence-corrected chi connectivity index (χ1v) is 7.19. The highest BCUT2D eigenvalue weighted by atomic mass is 35.5. The number of hydrogen-bond donors (Lipinski definition) is 2. The average molecular weight is 301 g/mol. The molecule has 4 heteroatoms. The fourth-order valence-corrected chi connectivity index (χ4v) is 2.77. The molecule has 3 rings (SSSR count). The molecule has 1 aromatic heterocycles. The van der Waals surface area contributed by atoms with Crippen LogP contribution >= 0.6 is 11.6 Å². The number of nitrogens with one attached hydrogen (secondary N) is 1. The predicted molar refractivity (Wildman–Crippen MR) is 86.3 cm³/mol. The van der Waals surface area contributed by atoms with Crippen LogP contribution in [0.3, 0.4) is 0 Å². The minimum atomic E-state index is -0.226. The Morgan fingerprint density at radius 3 is 2.71 bits per heavy atom. The predicted octanol–water partition coefficient (Wildman–Crippen LogP) is 4.26. The van der Waals surface area contributed by atoms with E-state index in [9.17, 15) is 0 Å². The van der Waals surface area contributed by atoms with Crippen molar-refractivity contribution in [3.05, 3.63) is 69.9 Å². The van der Waals surface area contributed by atoms with Crippen LogP contribution in [0.15, 0.2) is 46.9 Å². The number of aryl methyl sites for hydroxylation is 1. The number of halogens is 1. The Balaban J connectivity index is 2.11. The maximum Gasteiger partial charge on any atom is 0.134 e. The first-order chi connectivity index (χ1) is 10.1. The summed E-state index contributed by atoms with van der Waals surface area (Å²) in [7, 11) is 0. The minimum Gasteiger partial charge on any atom is -0.459 e. The molecule has 21 heavy (non-hydrogen) atoms. The van der Waals surface area contributed by atoms with Gasteiger partial charge in [0.05, 0.1) is 0 Å². The van der Waals surface area contributed by atoms with Crippen molar-refractivity contribution < 1.29 is 4.42 Å². The van der Waals surface area contributed by atoms with Crippen LogP contribution in [0, 0.1) is 13.8 Å². The number of fused-ring (bicyclic) bond motifs is 1. The molecule has 1 heterocycles. The Kier molecular flexibility index (Phi) is 3.72. The summed E-state index contributed by atoms with van der Waals surface area (Å²) in [5.74, 6) is 6.54. The van der Waals surface area contributed by atoms with E-state index in [2.05, 4.69) is 18.4 Å². The van der Waals surface area contributed by atoms with E-state index in [4.69, 9.17) is 21.9 Å². The number of nitrogens with two attached hydrogens (primary N) is 1. The quantitative estimate of drug-likeness (QED) is 0.561. The van der Waals surface area contributed by atoms with Crippen molar-refractivity contribution in [1.29, 1.82) is 0 Å². The summed E-state index contributed by atoms with van der Waals surface area (Å²) >= 11 is 6.20. The Bertz CT molecular complexity index is 795. The summed E-state index contributed by atoms with van der Waals surface area (Å²) in [6.07, 6.45) is 0. The van der Waals surface area contributed by atoms with Crippen LogP contribution in [-0.2, 0) is 0 Å². The maximum atomic E-state index is 6.20. The number of rotatable bonds is 3. The summed E-state index contributed by atoms with van der Waals surface area (Å²) in [5.41, 5.74) is 6.90. The van der Waals surface area contributed by atoms with E-state index in [0.29, 0.717) is 0 Å². The summed E-state index contributed by atoms with van der Waals surface area (Å²) in [6, 6.07) is 13.7. The Morgan fingerprint density at radius 2 is 1.95 bits per heavy atom. The van der Waals surface area contributed by atoms with Crippen LogP contribution in [0.1, 0.15) is 28.5 Å². The van der Waals surface area contributed by atoms with Crippen LogP contribution in [0.25, 0.3) is 11.0 Å². The molecule has 3 N–H and O–H groups in total. The Hall–Kier alpha value is -1.81. The lowest BCUT2D eigenvalue weighted by Crippen LogP contribution is -2.29. The molecule has 0 saturated heterocycles. The largest absolute Gasteiger partial charge is 0.459 e. The monoisotopic (exact) mass is 300 g/mol. The Labute approximate surface area is 128 Å². The highest BCUT2D eigenvalue weighted by Gasteiger charge is 2.20. The van der Waals surface area contributed by atoms with Gasteiger partial charge in [0.25, 0.3) is 0 Å². The second kappa shape index (κ2) is 5.53. The molecule has 0 spiro atoms. The van der Waals surface area contributed by atoms with Gasteiger partial charge in [0.1, 0.15) is 17.4 Å². The standard InChI is InChI=1S/C17H17ClN2O/c1-10-6-7-15-12(8-10)9-16(21-15)17(20-19)13-4-3-5-14(18)11(13)2/h3-9,17,20H,19H2,1-2H3. The van der Waals surface area contributed by atoms with E-state index in [-0.39, 0.29) is 6.04 Å². The lowest BCUT2D eigenvalue weighted by Gasteiger charge is -2.16. The van der Waals surface area contributed by atoms with Crippen LogP contribution in [0.2, 0.25) is 5.02 Å². The molecule has 0 bridgehead atoms. The van der Waals surface area contributed by atoms with Gasteiger partial charge in [-0.2, -0.15) is 0 Å². The molecule has 2 aromatic carbocycles. The molecular formula is C17H17ClN2O. The third kappa shape index (κ3) is 2.56. The van der Waals surface area contributed by atoms with E-state index < -0.39 is 0 Å². The maximum absolute atomic E-state index is 6.20. The minimum absolute atomic E-state index is 0.226. The van der Waals surface area contributed by atoms with Gasteiger partial charge in [-0.05, 0) is 49.2 Å². The first-order valence-electron chi connectivity index (χ1n) is 6.81. The molecule has 1 atom stereocenters. The number of furan rings is 1. The fourth-order valence-electron chi connectivity index (χ4n) is 2.59. The van der Waals surface area contributed by atoms with Crippen molar-refractivity contribution in [2.24, 2.45) is 5.84 Å². The molecule has 0 amide bonds. The van der Waals surface area contributed by atoms with E-state index in [1.807, 2.05) is 43.3 Å². The van der Waals surface area contributed by atoms with Gasteiger partial charge in [0.15, 0.2) is 0 Å². The van der Waals surface area contributed by atoms with Gasteiger partial charge in [-0.1, -0.05) is 35.4 Å². The zero-order chi connectivity index (χ0) is 15.0. The van der Waals surface area contributed by atoms with Gasteiger partial charge in [0, 0.05) is 10.4 Å². The third-order valence-electron chi connectivity index (χ3n) is 3.76. The van der Waals surface area contributed by atoms with Gasteiger partial charge in [-0.15, -0.1) is 0 Å². The van der Waals surface area contributed by atoms with Crippen LogP contribution in [0.5, 0.6) is 0 Å². The second-order valence-corrected chi connectivity index (χ2v) is 5.65. The molecule has 0 aliphatic rings. The average Bonchev–Trinajstić information content (AvgIpc) is 2.87. The van der Waals surface area contributed by atoms with Crippen molar-refractivity contribution in [3.8, 4) is 0 Å². The molecule has 0 aliphatic carbocycles. The normalized spacial score (nSPS) is 12.8. The van der Waals surface area contributed by atoms with Gasteiger partial charge >= 0.3 is 0 Å². The van der Waals surface area contributed by atoms with Crippen molar-refractivity contribution in [2.45, 2.75) is 19.9 Å². The molecule has 3 aromatic rings. The molecule has 0 saturated carbocycles. The first kappa shape index (κ1) is 14.1. The molecule has 0 aliphatic heterocycles. The van der Waals surface area contributed by atoms with Gasteiger partial charge in [-0.3, -0.25) is 5.84 Å². The van der Waals surface area contributed by atoms with Crippen molar-refractivity contribution in [2.75, 3.05) is 0 Å². The zero-order valence-electron chi connectivity index (χ0n) is 12.0. The molecule has 0 fully saturated rings. The van der Waals surface area contributed by atoms with E-state index in [1.54, 1.807) is 0 Å². The van der Waals surface area contributed by atoms with Crippen LogP contribution in [0.4, 0.5) is 0 Å². The molecule has 3 nitrogen and oxygen atoms in total. The number of benzene rings is 2. The van der Waals surface area contributed by atoms with Crippen LogP contribution < -0.4 is 11.3 Å². The van der Waals surface area contributed by atoms with Gasteiger partial charge < -0.3 is 4.42 Å². The van der Waals surface area contributed by atoms with Crippen LogP contribution in [-0.4, -0.2) is 0 Å². The highest BCUT2D eigenvalue weighted by molar-refractivity contribution is 6.31. The molecular weight excluding hydrogens is 284 g/mol. The van der Waals surface area contributed by atoms with Crippen molar-refractivity contribution >= 4 is 22.6 Å². The highest BCUT2D eigenvalue weighted by Crippen LogP contribution is 2.31.